The van der Waals surface area contributed by atoms with Crippen LogP contribution in [0, 0.1) is 0 Å². The second kappa shape index (κ2) is 11.8. The summed E-state index contributed by atoms with van der Waals surface area (Å²) in [6, 6.07) is 6.08. The number of hydrogen-bond acceptors (Lipinski definition) is 3. The molecule has 8 heteroatoms. The van der Waals surface area contributed by atoms with Gasteiger partial charge in [0.05, 0.1) is 19.3 Å². The van der Waals surface area contributed by atoms with Gasteiger partial charge >= 0.3 is 0 Å². The number of aliphatic imine (C=N–C) groups is 1. The smallest absolute Gasteiger partial charge is 0.191 e. The van der Waals surface area contributed by atoms with Crippen molar-refractivity contribution in [1.29, 1.82) is 0 Å². The van der Waals surface area contributed by atoms with E-state index in [0.29, 0.717) is 19.8 Å². The zero-order valence-corrected chi connectivity index (χ0v) is 19.6. The molecular weight excluding hydrogens is 491 g/mol. The van der Waals surface area contributed by atoms with Crippen molar-refractivity contribution >= 4 is 52.4 Å². The summed E-state index contributed by atoms with van der Waals surface area (Å²) in [7, 11) is 0. The maximum absolute atomic E-state index is 6.13. The lowest BCUT2D eigenvalue weighted by Crippen LogP contribution is -2.44. The van der Waals surface area contributed by atoms with Gasteiger partial charge in [0.1, 0.15) is 0 Å². The van der Waals surface area contributed by atoms with Gasteiger partial charge in [0.2, 0.25) is 0 Å². The van der Waals surface area contributed by atoms with Gasteiger partial charge < -0.3 is 25.1 Å². The summed E-state index contributed by atoms with van der Waals surface area (Å²) in [6.07, 6.45) is 4.09. The largest absolute Gasteiger partial charge is 0.379 e. The Hall–Kier alpha value is -1.03. The van der Waals surface area contributed by atoms with Crippen LogP contribution in [-0.4, -0.2) is 56.0 Å². The Balaban J connectivity index is 0.00000280. The molecule has 156 valence electrons. The number of aromatic nitrogens is 1. The molecule has 1 aromatic carbocycles. The highest BCUT2D eigenvalue weighted by Crippen LogP contribution is 2.22. The SMILES string of the molecule is CCNC(=NCCc1c[nH]c2ccc(Cl)cc12)NC(C)COC1CCOC1.I. The maximum Gasteiger partial charge on any atom is 0.191 e. The number of hydrogen-bond donors (Lipinski definition) is 3. The zero-order chi connectivity index (χ0) is 19.1. The van der Waals surface area contributed by atoms with Gasteiger partial charge in [-0.05, 0) is 50.5 Å². The summed E-state index contributed by atoms with van der Waals surface area (Å²) in [4.78, 5) is 7.99. The quantitative estimate of drug-likeness (QED) is 0.282. The number of fused-ring (bicyclic) bond motifs is 1. The molecule has 1 fully saturated rings. The molecule has 0 saturated carbocycles. The Labute approximate surface area is 188 Å². The minimum Gasteiger partial charge on any atom is -0.379 e. The number of H-pyrrole nitrogens is 1. The predicted molar refractivity (Wildman–Crippen MR) is 126 cm³/mol. The van der Waals surface area contributed by atoms with Gasteiger partial charge in [0.25, 0.3) is 0 Å². The van der Waals surface area contributed by atoms with Crippen LogP contribution in [0.25, 0.3) is 10.9 Å². The van der Waals surface area contributed by atoms with Gasteiger partial charge in [-0.2, -0.15) is 0 Å². The minimum absolute atomic E-state index is 0. The minimum atomic E-state index is 0. The number of ether oxygens (including phenoxy) is 2. The molecule has 0 amide bonds. The summed E-state index contributed by atoms with van der Waals surface area (Å²) in [5.74, 6) is 0.814. The molecule has 0 radical (unpaired) electrons. The van der Waals surface area contributed by atoms with Gasteiger partial charge in [-0.25, -0.2) is 0 Å². The molecule has 2 atom stereocenters. The highest BCUT2D eigenvalue weighted by molar-refractivity contribution is 14.0. The lowest BCUT2D eigenvalue weighted by Gasteiger charge is -2.19. The van der Waals surface area contributed by atoms with Crippen molar-refractivity contribution in [3.8, 4) is 0 Å². The van der Waals surface area contributed by atoms with Gasteiger partial charge in [-0.3, -0.25) is 4.99 Å². The standard InChI is InChI=1S/C20H29ClN4O2.HI/c1-3-22-20(25-14(2)12-27-17-7-9-26-13-17)23-8-6-15-11-24-19-5-4-16(21)10-18(15)19;/h4-5,10-11,14,17,24H,3,6-9,12-13H2,1-2H3,(H2,22,23,25);1H. The molecule has 2 heterocycles. The lowest BCUT2D eigenvalue weighted by molar-refractivity contribution is 0.0347. The van der Waals surface area contributed by atoms with E-state index in [1.54, 1.807) is 0 Å². The molecule has 0 aliphatic carbocycles. The lowest BCUT2D eigenvalue weighted by atomic mass is 10.1. The summed E-state index contributed by atoms with van der Waals surface area (Å²) < 4.78 is 11.2. The molecule has 2 aromatic rings. The molecule has 3 rings (SSSR count). The summed E-state index contributed by atoms with van der Waals surface area (Å²) in [6.45, 7) is 7.82. The molecule has 2 unspecified atom stereocenters. The van der Waals surface area contributed by atoms with Crippen LogP contribution in [0.4, 0.5) is 0 Å². The topological polar surface area (TPSA) is 70.7 Å². The molecule has 0 spiro atoms. The first-order valence-corrected chi connectivity index (χ1v) is 10.0. The van der Waals surface area contributed by atoms with Gasteiger partial charge in [0.15, 0.2) is 5.96 Å². The summed E-state index contributed by atoms with van der Waals surface area (Å²) >= 11 is 6.13. The normalized spacial score (nSPS) is 18.1. The number of benzene rings is 1. The third-order valence-corrected chi connectivity index (χ3v) is 4.81. The Morgan fingerprint density at radius 2 is 2.32 bits per heavy atom. The van der Waals surface area contributed by atoms with E-state index >= 15 is 0 Å². The van der Waals surface area contributed by atoms with Crippen molar-refractivity contribution in [1.82, 2.24) is 15.6 Å². The maximum atomic E-state index is 6.13. The van der Waals surface area contributed by atoms with Crippen LogP contribution in [0.3, 0.4) is 0 Å². The third kappa shape index (κ3) is 6.79. The van der Waals surface area contributed by atoms with Crippen molar-refractivity contribution in [2.24, 2.45) is 4.99 Å². The monoisotopic (exact) mass is 520 g/mol. The zero-order valence-electron chi connectivity index (χ0n) is 16.5. The van der Waals surface area contributed by atoms with Crippen molar-refractivity contribution in [2.75, 3.05) is 32.9 Å². The molecule has 1 aliphatic heterocycles. The molecule has 6 nitrogen and oxygen atoms in total. The van der Waals surface area contributed by atoms with Crippen LogP contribution in [-0.2, 0) is 15.9 Å². The van der Waals surface area contributed by atoms with Crippen LogP contribution >= 0.6 is 35.6 Å². The number of aromatic amines is 1. The van der Waals surface area contributed by atoms with Crippen LogP contribution < -0.4 is 10.6 Å². The van der Waals surface area contributed by atoms with Crippen LogP contribution in [0.5, 0.6) is 0 Å². The fraction of sp³-hybridized carbons (Fsp3) is 0.550. The second-order valence-electron chi connectivity index (χ2n) is 6.88. The van der Waals surface area contributed by atoms with Crippen molar-refractivity contribution in [3.63, 3.8) is 0 Å². The van der Waals surface area contributed by atoms with E-state index in [0.717, 1.165) is 47.9 Å². The molecule has 1 aliphatic rings. The first kappa shape index (κ1) is 23.3. The first-order chi connectivity index (χ1) is 13.2. The Morgan fingerprint density at radius 3 is 3.07 bits per heavy atom. The molecule has 0 bridgehead atoms. The number of guanidine groups is 1. The predicted octanol–water partition coefficient (Wildman–Crippen LogP) is 3.73. The van der Waals surface area contributed by atoms with E-state index in [-0.39, 0.29) is 36.1 Å². The van der Waals surface area contributed by atoms with Crippen LogP contribution in [0.1, 0.15) is 25.8 Å². The summed E-state index contributed by atoms with van der Waals surface area (Å²) in [5, 5.41) is 8.63. The average Bonchev–Trinajstić information content (AvgIpc) is 3.30. The highest BCUT2D eigenvalue weighted by atomic mass is 127. The second-order valence-corrected chi connectivity index (χ2v) is 7.32. The van der Waals surface area contributed by atoms with E-state index in [4.69, 9.17) is 26.1 Å². The fourth-order valence-corrected chi connectivity index (χ4v) is 3.34. The van der Waals surface area contributed by atoms with E-state index in [9.17, 15) is 0 Å². The molecule has 1 aromatic heterocycles. The van der Waals surface area contributed by atoms with E-state index in [2.05, 4.69) is 29.5 Å². The fourth-order valence-electron chi connectivity index (χ4n) is 3.17. The molecule has 28 heavy (non-hydrogen) atoms. The van der Waals surface area contributed by atoms with E-state index in [1.165, 1.54) is 5.56 Å². The van der Waals surface area contributed by atoms with Gasteiger partial charge in [-0.15, -0.1) is 24.0 Å². The van der Waals surface area contributed by atoms with Crippen molar-refractivity contribution < 1.29 is 9.47 Å². The molecular formula is C20H30ClIN4O2. The third-order valence-electron chi connectivity index (χ3n) is 4.58. The Morgan fingerprint density at radius 1 is 1.46 bits per heavy atom. The number of nitrogens with zero attached hydrogens (tertiary/aromatic N) is 1. The van der Waals surface area contributed by atoms with Crippen molar-refractivity contribution in [3.05, 3.63) is 35.0 Å². The Kier molecular flexibility index (Phi) is 9.84. The van der Waals surface area contributed by atoms with Crippen LogP contribution in [0.15, 0.2) is 29.4 Å². The molecule has 1 saturated heterocycles. The van der Waals surface area contributed by atoms with E-state index < -0.39 is 0 Å². The number of rotatable bonds is 8. The number of nitrogens with one attached hydrogen (secondary N) is 3. The average molecular weight is 521 g/mol. The number of halogens is 2. The van der Waals surface area contributed by atoms with E-state index in [1.807, 2.05) is 24.4 Å². The van der Waals surface area contributed by atoms with Crippen molar-refractivity contribution in [2.45, 2.75) is 38.8 Å². The Bertz CT molecular complexity index is 762. The first-order valence-electron chi connectivity index (χ1n) is 9.65. The van der Waals surface area contributed by atoms with Gasteiger partial charge in [-0.1, -0.05) is 11.6 Å². The van der Waals surface area contributed by atoms with Gasteiger partial charge in [0, 0.05) is 47.9 Å². The summed E-state index contributed by atoms with van der Waals surface area (Å²) in [5.41, 5.74) is 2.33. The molecule has 3 N–H and O–H groups in total. The van der Waals surface area contributed by atoms with Crippen LogP contribution in [0.2, 0.25) is 5.02 Å². The highest BCUT2D eigenvalue weighted by Gasteiger charge is 2.17.